The van der Waals surface area contributed by atoms with Crippen LogP contribution in [0, 0.1) is 17.8 Å². The highest BCUT2D eigenvalue weighted by molar-refractivity contribution is 5.48. The van der Waals surface area contributed by atoms with Gasteiger partial charge in [-0.25, -0.2) is 0 Å². The minimum atomic E-state index is 0.237. The van der Waals surface area contributed by atoms with Crippen molar-refractivity contribution in [3.05, 3.63) is 6.07 Å². The van der Waals surface area contributed by atoms with E-state index in [2.05, 4.69) is 15.3 Å². The lowest BCUT2D eigenvalue weighted by molar-refractivity contribution is 0.348. The Balaban J connectivity index is 1.60. The highest BCUT2D eigenvalue weighted by Crippen LogP contribution is 2.48. The molecule has 0 radical (unpaired) electrons. The van der Waals surface area contributed by atoms with E-state index >= 15 is 0 Å². The van der Waals surface area contributed by atoms with Crippen molar-refractivity contribution in [2.24, 2.45) is 17.8 Å². The van der Waals surface area contributed by atoms with Gasteiger partial charge in [-0.05, 0) is 37.0 Å². The number of hydrogen-bond acceptors (Lipinski definition) is 5. The Morgan fingerprint density at radius 2 is 2.12 bits per heavy atom. The van der Waals surface area contributed by atoms with Crippen molar-refractivity contribution in [3.8, 4) is 0 Å². The topological polar surface area (TPSA) is 89.8 Å². The minimum Gasteiger partial charge on any atom is -0.383 e. The maximum Gasteiger partial charge on any atom is 0.223 e. The molecule has 0 saturated heterocycles. The van der Waals surface area contributed by atoms with Crippen LogP contribution < -0.4 is 16.8 Å². The average Bonchev–Trinajstić information content (AvgIpc) is 2.86. The Morgan fingerprint density at radius 1 is 1.24 bits per heavy atom. The summed E-state index contributed by atoms with van der Waals surface area (Å²) in [5.41, 5.74) is 11.2. The molecule has 0 amide bonds. The van der Waals surface area contributed by atoms with Gasteiger partial charge in [-0.1, -0.05) is 6.42 Å². The van der Waals surface area contributed by atoms with Gasteiger partial charge in [0.15, 0.2) is 0 Å². The SMILES string of the molecule is Nc1cc(NCC2CC3CCC2C3)nc(N)n1. The Bertz CT molecular complexity index is 399. The van der Waals surface area contributed by atoms with E-state index in [1.165, 1.54) is 25.7 Å². The number of nitrogens with zero attached hydrogens (tertiary/aromatic N) is 2. The first-order chi connectivity index (χ1) is 8.20. The molecule has 5 heteroatoms. The molecule has 2 fully saturated rings. The van der Waals surface area contributed by atoms with Gasteiger partial charge in [0.1, 0.15) is 11.6 Å². The van der Waals surface area contributed by atoms with E-state index in [0.717, 1.165) is 30.1 Å². The molecule has 3 rings (SSSR count). The highest BCUT2D eigenvalue weighted by Gasteiger charge is 2.39. The molecule has 2 bridgehead atoms. The molecule has 1 aromatic rings. The molecule has 0 spiro atoms. The minimum absolute atomic E-state index is 0.237. The Hall–Kier alpha value is -1.52. The van der Waals surface area contributed by atoms with E-state index in [0.29, 0.717) is 5.82 Å². The lowest BCUT2D eigenvalue weighted by Crippen LogP contribution is -2.20. The molecule has 2 saturated carbocycles. The van der Waals surface area contributed by atoms with Gasteiger partial charge >= 0.3 is 0 Å². The van der Waals surface area contributed by atoms with Crippen molar-refractivity contribution < 1.29 is 0 Å². The number of rotatable bonds is 3. The normalized spacial score (nSPS) is 30.7. The van der Waals surface area contributed by atoms with Crippen molar-refractivity contribution >= 4 is 17.6 Å². The van der Waals surface area contributed by atoms with Gasteiger partial charge in [-0.15, -0.1) is 0 Å². The van der Waals surface area contributed by atoms with Crippen LogP contribution in [0.3, 0.4) is 0 Å². The van der Waals surface area contributed by atoms with Crippen LogP contribution in [0.4, 0.5) is 17.6 Å². The molecule has 2 aliphatic carbocycles. The van der Waals surface area contributed by atoms with Crippen molar-refractivity contribution in [1.29, 1.82) is 0 Å². The van der Waals surface area contributed by atoms with Gasteiger partial charge in [-0.3, -0.25) is 0 Å². The molecule has 2 aliphatic rings. The maximum atomic E-state index is 5.63. The second-order valence-electron chi connectivity index (χ2n) is 5.35. The average molecular weight is 233 g/mol. The van der Waals surface area contributed by atoms with Crippen LogP contribution in [0.5, 0.6) is 0 Å². The summed E-state index contributed by atoms with van der Waals surface area (Å²) >= 11 is 0. The van der Waals surface area contributed by atoms with Gasteiger partial charge < -0.3 is 16.8 Å². The first-order valence-electron chi connectivity index (χ1n) is 6.34. The van der Waals surface area contributed by atoms with Crippen LogP contribution in [-0.4, -0.2) is 16.5 Å². The van der Waals surface area contributed by atoms with E-state index in [-0.39, 0.29) is 5.95 Å². The fourth-order valence-corrected chi connectivity index (χ4v) is 3.44. The fraction of sp³-hybridized carbons (Fsp3) is 0.667. The summed E-state index contributed by atoms with van der Waals surface area (Å²) in [6.07, 6.45) is 5.65. The van der Waals surface area contributed by atoms with Crippen molar-refractivity contribution in [2.75, 3.05) is 23.3 Å². The summed E-state index contributed by atoms with van der Waals surface area (Å²) in [5.74, 6) is 4.11. The third-order valence-corrected chi connectivity index (χ3v) is 4.19. The number of aromatic nitrogens is 2. The van der Waals surface area contributed by atoms with E-state index in [1.54, 1.807) is 6.07 Å². The molecular formula is C12H19N5. The standard InChI is InChI=1S/C12H19N5/c13-10-5-11(17-12(14)16-10)15-6-9-4-7-1-2-8(9)3-7/h5,7-9H,1-4,6H2,(H5,13,14,15,16,17). The second-order valence-corrected chi connectivity index (χ2v) is 5.35. The summed E-state index contributed by atoms with van der Waals surface area (Å²) in [7, 11) is 0. The quantitative estimate of drug-likeness (QED) is 0.736. The van der Waals surface area contributed by atoms with E-state index in [1.807, 2.05) is 0 Å². The lowest BCUT2D eigenvalue weighted by atomic mass is 9.89. The second kappa shape index (κ2) is 4.05. The van der Waals surface area contributed by atoms with Crippen LogP contribution in [-0.2, 0) is 0 Å². The molecule has 17 heavy (non-hydrogen) atoms. The summed E-state index contributed by atoms with van der Waals surface area (Å²) in [4.78, 5) is 7.99. The van der Waals surface area contributed by atoms with Crippen LogP contribution in [0.25, 0.3) is 0 Å². The van der Waals surface area contributed by atoms with E-state index in [4.69, 9.17) is 11.5 Å². The highest BCUT2D eigenvalue weighted by atomic mass is 15.1. The van der Waals surface area contributed by atoms with Crippen LogP contribution in [0.2, 0.25) is 0 Å². The van der Waals surface area contributed by atoms with Crippen LogP contribution >= 0.6 is 0 Å². The largest absolute Gasteiger partial charge is 0.383 e. The molecule has 5 nitrogen and oxygen atoms in total. The fourth-order valence-electron chi connectivity index (χ4n) is 3.44. The lowest BCUT2D eigenvalue weighted by Gasteiger charge is -2.22. The summed E-state index contributed by atoms with van der Waals surface area (Å²) in [6, 6.07) is 1.74. The molecule has 92 valence electrons. The van der Waals surface area contributed by atoms with Gasteiger partial charge in [-0.2, -0.15) is 9.97 Å². The number of nitrogens with two attached hydrogens (primary N) is 2. The Morgan fingerprint density at radius 3 is 2.76 bits per heavy atom. The third-order valence-electron chi connectivity index (χ3n) is 4.19. The molecule has 3 atom stereocenters. The summed E-state index contributed by atoms with van der Waals surface area (Å²) in [6.45, 7) is 0.983. The van der Waals surface area contributed by atoms with E-state index in [9.17, 15) is 0 Å². The molecule has 5 N–H and O–H groups in total. The smallest absolute Gasteiger partial charge is 0.223 e. The predicted octanol–water partition coefficient (Wildman–Crippen LogP) is 1.49. The summed E-state index contributed by atoms with van der Waals surface area (Å²) in [5, 5.41) is 3.34. The zero-order chi connectivity index (χ0) is 11.8. The maximum absolute atomic E-state index is 5.63. The van der Waals surface area contributed by atoms with Gasteiger partial charge in [0.2, 0.25) is 5.95 Å². The van der Waals surface area contributed by atoms with Crippen molar-refractivity contribution in [1.82, 2.24) is 9.97 Å². The monoisotopic (exact) mass is 233 g/mol. The number of anilines is 3. The number of fused-ring (bicyclic) bond motifs is 2. The zero-order valence-electron chi connectivity index (χ0n) is 9.89. The Labute approximate surface area is 101 Å². The van der Waals surface area contributed by atoms with Crippen molar-refractivity contribution in [2.45, 2.75) is 25.7 Å². The van der Waals surface area contributed by atoms with Crippen LogP contribution in [0.1, 0.15) is 25.7 Å². The summed E-state index contributed by atoms with van der Waals surface area (Å²) < 4.78 is 0. The molecular weight excluding hydrogens is 214 g/mol. The van der Waals surface area contributed by atoms with E-state index < -0.39 is 0 Å². The van der Waals surface area contributed by atoms with Gasteiger partial charge in [0.25, 0.3) is 0 Å². The first-order valence-corrected chi connectivity index (χ1v) is 6.34. The van der Waals surface area contributed by atoms with Gasteiger partial charge in [0, 0.05) is 12.6 Å². The first kappa shape index (κ1) is 10.6. The zero-order valence-corrected chi connectivity index (χ0v) is 9.89. The number of hydrogen-bond donors (Lipinski definition) is 3. The molecule has 1 aromatic heterocycles. The number of nitrogen functional groups attached to an aromatic ring is 2. The van der Waals surface area contributed by atoms with Gasteiger partial charge in [0.05, 0.1) is 0 Å². The third kappa shape index (κ3) is 2.14. The predicted molar refractivity (Wildman–Crippen MR) is 68.3 cm³/mol. The molecule has 0 aliphatic heterocycles. The van der Waals surface area contributed by atoms with Crippen LogP contribution in [0.15, 0.2) is 6.07 Å². The molecule has 0 aromatic carbocycles. The Kier molecular flexibility index (Phi) is 2.53. The van der Waals surface area contributed by atoms with Crippen molar-refractivity contribution in [3.63, 3.8) is 0 Å². The number of nitrogens with one attached hydrogen (secondary N) is 1. The molecule has 3 unspecified atom stereocenters. The molecule has 1 heterocycles.